The van der Waals surface area contributed by atoms with Crippen LogP contribution in [0.2, 0.25) is 0 Å². The molecule has 1 fully saturated rings. The summed E-state index contributed by atoms with van der Waals surface area (Å²) in [5.41, 5.74) is 1.40. The molecular weight excluding hydrogens is 366 g/mol. The van der Waals surface area contributed by atoms with Crippen molar-refractivity contribution < 1.29 is 13.2 Å². The molecule has 2 aromatic rings. The van der Waals surface area contributed by atoms with Crippen LogP contribution in [0.1, 0.15) is 28.3 Å². The topological polar surface area (TPSA) is 105 Å². The third-order valence-corrected chi connectivity index (χ3v) is 6.24. The molecule has 1 N–H and O–H groups in total. The summed E-state index contributed by atoms with van der Waals surface area (Å²) in [5.74, 6) is 1.02. The second-order valence-electron chi connectivity index (χ2n) is 6.76. The number of sulfone groups is 1. The van der Waals surface area contributed by atoms with E-state index in [0.29, 0.717) is 30.3 Å². The third kappa shape index (κ3) is 5.22. The number of amides is 1. The minimum atomic E-state index is -2.98. The molecule has 0 saturated carbocycles. The van der Waals surface area contributed by atoms with Crippen molar-refractivity contribution in [3.63, 3.8) is 0 Å². The molecule has 8 nitrogen and oxygen atoms in total. The Bertz CT molecular complexity index is 918. The molecule has 0 aromatic carbocycles. The molecule has 9 heteroatoms. The van der Waals surface area contributed by atoms with Gasteiger partial charge < -0.3 is 10.2 Å². The van der Waals surface area contributed by atoms with Crippen molar-refractivity contribution in [1.29, 1.82) is 0 Å². The zero-order valence-electron chi connectivity index (χ0n) is 15.4. The van der Waals surface area contributed by atoms with Gasteiger partial charge in [0.1, 0.15) is 17.3 Å². The minimum absolute atomic E-state index is 0.0885. The van der Waals surface area contributed by atoms with Gasteiger partial charge in [-0.05, 0) is 37.5 Å². The second-order valence-corrected chi connectivity index (χ2v) is 8.99. The van der Waals surface area contributed by atoms with Crippen molar-refractivity contribution in [2.75, 3.05) is 30.4 Å². The standard InChI is InChI=1S/C18H23N5O3S/c1-13-20-16(11-17(21-13)22-15-6-10-27(25,26)12-15)18(24)23(2)9-5-14-3-7-19-8-4-14/h3-4,7-8,11,15H,5-6,9-10,12H2,1-2H3,(H,20,21,22). The van der Waals surface area contributed by atoms with E-state index >= 15 is 0 Å². The molecule has 3 heterocycles. The van der Waals surface area contributed by atoms with E-state index in [1.165, 1.54) is 0 Å². The maximum atomic E-state index is 12.7. The average Bonchev–Trinajstić information content (AvgIpc) is 2.97. The Labute approximate surface area is 159 Å². The summed E-state index contributed by atoms with van der Waals surface area (Å²) in [6, 6.07) is 5.25. The zero-order valence-corrected chi connectivity index (χ0v) is 16.2. The van der Waals surface area contributed by atoms with Crippen molar-refractivity contribution >= 4 is 21.6 Å². The lowest BCUT2D eigenvalue weighted by atomic mass is 10.2. The molecule has 1 aliphatic rings. The largest absolute Gasteiger partial charge is 0.366 e. The van der Waals surface area contributed by atoms with Crippen LogP contribution in [-0.4, -0.2) is 65.3 Å². The van der Waals surface area contributed by atoms with Crippen molar-refractivity contribution in [1.82, 2.24) is 19.9 Å². The zero-order chi connectivity index (χ0) is 19.4. The number of pyridine rings is 1. The number of likely N-dealkylation sites (N-methyl/N-ethyl adjacent to an activating group) is 1. The Balaban J connectivity index is 1.66. The molecule has 0 spiro atoms. The van der Waals surface area contributed by atoms with E-state index in [1.54, 1.807) is 37.3 Å². The summed E-state index contributed by atoms with van der Waals surface area (Å²) in [4.78, 5) is 26.8. The van der Waals surface area contributed by atoms with E-state index in [0.717, 1.165) is 12.0 Å². The highest BCUT2D eigenvalue weighted by Crippen LogP contribution is 2.17. The van der Waals surface area contributed by atoms with Gasteiger partial charge in [-0.2, -0.15) is 0 Å². The summed E-state index contributed by atoms with van der Waals surface area (Å²) in [5, 5.41) is 3.12. The number of carbonyl (C=O) groups excluding carboxylic acids is 1. The van der Waals surface area contributed by atoms with E-state index in [4.69, 9.17) is 0 Å². The first kappa shape index (κ1) is 19.2. The van der Waals surface area contributed by atoms with Crippen LogP contribution in [-0.2, 0) is 16.3 Å². The van der Waals surface area contributed by atoms with Gasteiger partial charge >= 0.3 is 0 Å². The molecule has 1 saturated heterocycles. The van der Waals surface area contributed by atoms with E-state index < -0.39 is 9.84 Å². The number of aromatic nitrogens is 3. The maximum absolute atomic E-state index is 12.7. The SMILES string of the molecule is Cc1nc(NC2CCS(=O)(=O)C2)cc(C(=O)N(C)CCc2ccncc2)n1. The summed E-state index contributed by atoms with van der Waals surface area (Å²) in [6.45, 7) is 2.26. The van der Waals surface area contributed by atoms with E-state index in [9.17, 15) is 13.2 Å². The number of carbonyl (C=O) groups is 1. The fourth-order valence-corrected chi connectivity index (χ4v) is 4.69. The predicted molar refractivity (Wildman–Crippen MR) is 102 cm³/mol. The highest BCUT2D eigenvalue weighted by Gasteiger charge is 2.28. The fourth-order valence-electron chi connectivity index (χ4n) is 3.01. The Morgan fingerprint density at radius 2 is 2.04 bits per heavy atom. The lowest BCUT2D eigenvalue weighted by Gasteiger charge is -2.18. The van der Waals surface area contributed by atoms with E-state index in [-0.39, 0.29) is 23.5 Å². The Hall–Kier alpha value is -2.55. The van der Waals surface area contributed by atoms with Gasteiger partial charge in [0.2, 0.25) is 0 Å². The molecule has 1 aliphatic heterocycles. The van der Waals surface area contributed by atoms with Crippen LogP contribution < -0.4 is 5.32 Å². The molecule has 0 aliphatic carbocycles. The first-order chi connectivity index (χ1) is 12.8. The highest BCUT2D eigenvalue weighted by atomic mass is 32.2. The Morgan fingerprint density at radius 1 is 1.30 bits per heavy atom. The van der Waals surface area contributed by atoms with Gasteiger partial charge in [-0.15, -0.1) is 0 Å². The van der Waals surface area contributed by atoms with Crippen LogP contribution in [0.3, 0.4) is 0 Å². The van der Waals surface area contributed by atoms with Gasteiger partial charge in [-0.3, -0.25) is 9.78 Å². The van der Waals surface area contributed by atoms with Crippen LogP contribution in [0, 0.1) is 6.92 Å². The molecule has 0 bridgehead atoms. The summed E-state index contributed by atoms with van der Waals surface area (Å²) in [7, 11) is -1.25. The molecule has 0 radical (unpaired) electrons. The van der Waals surface area contributed by atoms with Gasteiger partial charge in [0.15, 0.2) is 9.84 Å². The van der Waals surface area contributed by atoms with Gasteiger partial charge in [0, 0.05) is 38.1 Å². The van der Waals surface area contributed by atoms with Crippen LogP contribution >= 0.6 is 0 Å². The minimum Gasteiger partial charge on any atom is -0.366 e. The summed E-state index contributed by atoms with van der Waals surface area (Å²) < 4.78 is 23.2. The van der Waals surface area contributed by atoms with Gasteiger partial charge in [0.25, 0.3) is 5.91 Å². The van der Waals surface area contributed by atoms with Crippen molar-refractivity contribution in [2.45, 2.75) is 25.8 Å². The van der Waals surface area contributed by atoms with Crippen LogP contribution in [0.25, 0.3) is 0 Å². The molecule has 144 valence electrons. The fraction of sp³-hybridized carbons (Fsp3) is 0.444. The number of hydrogen-bond acceptors (Lipinski definition) is 7. The van der Waals surface area contributed by atoms with Crippen molar-refractivity contribution in [3.05, 3.63) is 47.7 Å². The molecule has 27 heavy (non-hydrogen) atoms. The number of aryl methyl sites for hydroxylation is 1. The predicted octanol–water partition coefficient (Wildman–Crippen LogP) is 1.09. The molecule has 1 amide bonds. The van der Waals surface area contributed by atoms with E-state index in [2.05, 4.69) is 20.3 Å². The maximum Gasteiger partial charge on any atom is 0.272 e. The number of rotatable bonds is 6. The van der Waals surface area contributed by atoms with Crippen LogP contribution in [0.4, 0.5) is 5.82 Å². The van der Waals surface area contributed by atoms with Gasteiger partial charge in [-0.1, -0.05) is 0 Å². The average molecular weight is 389 g/mol. The Morgan fingerprint density at radius 3 is 2.70 bits per heavy atom. The quantitative estimate of drug-likeness (QED) is 0.788. The summed E-state index contributed by atoms with van der Waals surface area (Å²) in [6.07, 6.45) is 4.72. The van der Waals surface area contributed by atoms with E-state index in [1.807, 2.05) is 12.1 Å². The molecule has 3 rings (SSSR count). The lowest BCUT2D eigenvalue weighted by Crippen LogP contribution is -2.30. The number of nitrogens with zero attached hydrogens (tertiary/aromatic N) is 4. The number of hydrogen-bond donors (Lipinski definition) is 1. The summed E-state index contributed by atoms with van der Waals surface area (Å²) >= 11 is 0. The highest BCUT2D eigenvalue weighted by molar-refractivity contribution is 7.91. The Kier molecular flexibility index (Phi) is 5.69. The molecular formula is C18H23N5O3S. The number of anilines is 1. The first-order valence-corrected chi connectivity index (χ1v) is 10.6. The molecule has 2 aromatic heterocycles. The second kappa shape index (κ2) is 7.99. The smallest absolute Gasteiger partial charge is 0.272 e. The van der Waals surface area contributed by atoms with Crippen LogP contribution in [0.5, 0.6) is 0 Å². The first-order valence-electron chi connectivity index (χ1n) is 8.79. The molecule has 1 unspecified atom stereocenters. The van der Waals surface area contributed by atoms with Gasteiger partial charge in [-0.25, -0.2) is 18.4 Å². The molecule has 1 atom stereocenters. The van der Waals surface area contributed by atoms with Crippen LogP contribution in [0.15, 0.2) is 30.6 Å². The van der Waals surface area contributed by atoms with Crippen molar-refractivity contribution in [2.24, 2.45) is 0 Å². The third-order valence-electron chi connectivity index (χ3n) is 4.47. The van der Waals surface area contributed by atoms with Gasteiger partial charge in [0.05, 0.1) is 11.5 Å². The normalized spacial score (nSPS) is 18.2. The monoisotopic (exact) mass is 389 g/mol. The van der Waals surface area contributed by atoms with Crippen molar-refractivity contribution in [3.8, 4) is 0 Å². The lowest BCUT2D eigenvalue weighted by molar-refractivity contribution is 0.0790. The number of nitrogens with one attached hydrogen (secondary N) is 1.